The monoisotopic (exact) mass is 714 g/mol. The first kappa shape index (κ1) is 37.3. The molecule has 2 aliphatic rings. The second-order valence-corrected chi connectivity index (χ2v) is 15.0. The van der Waals surface area contributed by atoms with E-state index in [1.54, 1.807) is 0 Å². The van der Waals surface area contributed by atoms with Crippen LogP contribution >= 0.6 is 0 Å². The molecule has 10 nitrogen and oxygen atoms in total. The number of hydrogen-bond donors (Lipinski definition) is 2. The van der Waals surface area contributed by atoms with Crippen molar-refractivity contribution in [2.24, 2.45) is 0 Å². The van der Waals surface area contributed by atoms with Crippen LogP contribution in [0.2, 0.25) is 0 Å². The molecular weight excluding hydrogens is 657 g/mol. The Hall–Kier alpha value is -4.03. The molecule has 0 radical (unpaired) electrons. The zero-order valence-corrected chi connectivity index (χ0v) is 31.9. The van der Waals surface area contributed by atoms with Crippen LogP contribution in [0, 0.1) is 0 Å². The lowest BCUT2D eigenvalue weighted by Crippen LogP contribution is -2.44. The Balaban J connectivity index is 0.974. The van der Waals surface area contributed by atoms with Gasteiger partial charge in [-0.2, -0.15) is 5.10 Å². The van der Waals surface area contributed by atoms with Crippen molar-refractivity contribution >= 4 is 11.0 Å². The quantitative estimate of drug-likeness (QED) is 0.124. The third kappa shape index (κ3) is 10.3. The standard InChI is InChI=1S/C43H58N10/c1-49-24-28-51(29-25-49)22-8-6-20-44-32-35-12-16-37(17-13-35)41-40-34-46-53(39-10-4-3-5-11-39)43(40)48-42(47-41)38-18-14-36(15-19-38)33-45-21-7-9-23-52-30-26-50(2)27-31-52/h3-5,10-19,34,44-45H,6-9,20-33H2,1-2H3. The predicted molar refractivity (Wildman–Crippen MR) is 217 cm³/mol. The molecule has 0 amide bonds. The minimum absolute atomic E-state index is 0.705. The van der Waals surface area contributed by atoms with E-state index in [0.717, 1.165) is 59.7 Å². The Morgan fingerprint density at radius 3 is 1.64 bits per heavy atom. The molecule has 7 rings (SSSR count). The molecule has 2 aromatic heterocycles. The van der Waals surface area contributed by atoms with Crippen molar-refractivity contribution in [1.82, 2.24) is 50.0 Å². The molecule has 0 atom stereocenters. The SMILES string of the molecule is CN1CCN(CCCCNCc2ccc(-c3nc(-c4ccc(CNCCCCN5CCN(C)CC5)cc4)c4cnn(-c5ccccc5)c4n3)cc2)CC1. The first-order valence-corrected chi connectivity index (χ1v) is 19.8. The van der Waals surface area contributed by atoms with E-state index in [1.165, 1.54) is 102 Å². The summed E-state index contributed by atoms with van der Waals surface area (Å²) in [5.74, 6) is 0.705. The second-order valence-electron chi connectivity index (χ2n) is 15.0. The van der Waals surface area contributed by atoms with Crippen LogP contribution in [0.4, 0.5) is 0 Å². The fourth-order valence-electron chi connectivity index (χ4n) is 7.35. The number of rotatable bonds is 17. The minimum atomic E-state index is 0.705. The third-order valence-corrected chi connectivity index (χ3v) is 10.9. The highest BCUT2D eigenvalue weighted by Gasteiger charge is 2.17. The van der Waals surface area contributed by atoms with Crippen LogP contribution in [-0.2, 0) is 13.1 Å². The molecule has 2 aliphatic heterocycles. The average molecular weight is 715 g/mol. The molecule has 0 saturated carbocycles. The second kappa shape index (κ2) is 18.8. The Morgan fingerprint density at radius 1 is 0.566 bits per heavy atom. The van der Waals surface area contributed by atoms with Crippen molar-refractivity contribution in [2.75, 3.05) is 92.6 Å². The van der Waals surface area contributed by atoms with Gasteiger partial charge in [0.1, 0.15) is 0 Å². The smallest absolute Gasteiger partial charge is 0.167 e. The van der Waals surface area contributed by atoms with E-state index in [1.807, 2.05) is 29.1 Å². The summed E-state index contributed by atoms with van der Waals surface area (Å²) in [7, 11) is 4.43. The van der Waals surface area contributed by atoms with Crippen molar-refractivity contribution in [3.8, 4) is 28.3 Å². The summed E-state index contributed by atoms with van der Waals surface area (Å²) in [4.78, 5) is 20.3. The maximum absolute atomic E-state index is 5.18. The van der Waals surface area contributed by atoms with Gasteiger partial charge in [0, 0.05) is 76.6 Å². The normalized spacial score (nSPS) is 16.5. The van der Waals surface area contributed by atoms with E-state index in [9.17, 15) is 0 Å². The van der Waals surface area contributed by atoms with Crippen molar-refractivity contribution < 1.29 is 0 Å². The van der Waals surface area contributed by atoms with Crippen LogP contribution in [0.25, 0.3) is 39.4 Å². The minimum Gasteiger partial charge on any atom is -0.313 e. The summed E-state index contributed by atoms with van der Waals surface area (Å²) in [6, 6.07) is 27.7. The van der Waals surface area contributed by atoms with Gasteiger partial charge in [-0.1, -0.05) is 66.7 Å². The summed E-state index contributed by atoms with van der Waals surface area (Å²) >= 11 is 0. The van der Waals surface area contributed by atoms with Crippen molar-refractivity contribution in [2.45, 2.75) is 38.8 Å². The number of aromatic nitrogens is 4. The molecule has 0 spiro atoms. The topological polar surface area (TPSA) is 80.6 Å². The highest BCUT2D eigenvalue weighted by molar-refractivity contribution is 5.92. The number of hydrogen-bond acceptors (Lipinski definition) is 9. The van der Waals surface area contributed by atoms with Crippen molar-refractivity contribution in [1.29, 1.82) is 0 Å². The van der Waals surface area contributed by atoms with E-state index < -0.39 is 0 Å². The first-order valence-electron chi connectivity index (χ1n) is 19.8. The lowest BCUT2D eigenvalue weighted by atomic mass is 10.1. The Labute approximate surface area is 316 Å². The van der Waals surface area contributed by atoms with Gasteiger partial charge >= 0.3 is 0 Å². The maximum atomic E-state index is 5.18. The zero-order chi connectivity index (χ0) is 36.2. The highest BCUT2D eigenvalue weighted by Crippen LogP contribution is 2.30. The summed E-state index contributed by atoms with van der Waals surface area (Å²) in [6.07, 6.45) is 6.79. The van der Waals surface area contributed by atoms with E-state index in [2.05, 4.69) is 105 Å². The third-order valence-electron chi connectivity index (χ3n) is 10.9. The fraction of sp³-hybridized carbons (Fsp3) is 0.465. The van der Waals surface area contributed by atoms with Gasteiger partial charge in [0.15, 0.2) is 11.5 Å². The van der Waals surface area contributed by atoms with Gasteiger partial charge in [-0.3, -0.25) is 0 Å². The van der Waals surface area contributed by atoms with Gasteiger partial charge in [-0.05, 0) is 89.2 Å². The Kier molecular flexibility index (Phi) is 13.2. The molecule has 2 N–H and O–H groups in total. The molecule has 0 unspecified atom stereocenters. The number of fused-ring (bicyclic) bond motifs is 1. The molecule has 10 heteroatoms. The van der Waals surface area contributed by atoms with Crippen molar-refractivity contribution in [3.63, 3.8) is 0 Å². The Morgan fingerprint density at radius 2 is 1.09 bits per heavy atom. The molecule has 3 aromatic carbocycles. The number of likely N-dealkylation sites (N-methyl/N-ethyl adjacent to an activating group) is 2. The molecule has 2 fully saturated rings. The maximum Gasteiger partial charge on any atom is 0.167 e. The molecule has 0 aliphatic carbocycles. The van der Waals surface area contributed by atoms with Crippen LogP contribution in [-0.4, -0.2) is 132 Å². The number of nitrogens with one attached hydrogen (secondary N) is 2. The summed E-state index contributed by atoms with van der Waals surface area (Å²) in [6.45, 7) is 15.8. The van der Waals surface area contributed by atoms with Gasteiger partial charge in [0.25, 0.3) is 0 Å². The van der Waals surface area contributed by atoms with E-state index >= 15 is 0 Å². The van der Waals surface area contributed by atoms with Crippen LogP contribution in [0.1, 0.15) is 36.8 Å². The first-order chi connectivity index (χ1) is 26.1. The number of piperazine rings is 2. The molecule has 53 heavy (non-hydrogen) atoms. The fourth-order valence-corrected chi connectivity index (χ4v) is 7.35. The van der Waals surface area contributed by atoms with Gasteiger partial charge in [-0.15, -0.1) is 0 Å². The van der Waals surface area contributed by atoms with Gasteiger partial charge in [-0.25, -0.2) is 14.6 Å². The number of nitrogens with zero attached hydrogens (tertiary/aromatic N) is 8. The molecular formula is C43H58N10. The summed E-state index contributed by atoms with van der Waals surface area (Å²) < 4.78 is 1.92. The molecule has 5 aromatic rings. The van der Waals surface area contributed by atoms with Crippen LogP contribution in [0.3, 0.4) is 0 Å². The lowest BCUT2D eigenvalue weighted by Gasteiger charge is -2.32. The zero-order valence-electron chi connectivity index (χ0n) is 31.9. The van der Waals surface area contributed by atoms with Gasteiger partial charge < -0.3 is 30.2 Å². The highest BCUT2D eigenvalue weighted by atomic mass is 15.3. The van der Waals surface area contributed by atoms with Gasteiger partial charge in [0.2, 0.25) is 0 Å². The average Bonchev–Trinajstić information content (AvgIpc) is 3.64. The van der Waals surface area contributed by atoms with E-state index in [-0.39, 0.29) is 0 Å². The number of benzene rings is 3. The van der Waals surface area contributed by atoms with E-state index in [0.29, 0.717) is 5.82 Å². The number of para-hydroxylation sites is 1. The summed E-state index contributed by atoms with van der Waals surface area (Å²) in [5, 5.41) is 13.0. The van der Waals surface area contributed by atoms with Crippen LogP contribution in [0.5, 0.6) is 0 Å². The lowest BCUT2D eigenvalue weighted by molar-refractivity contribution is 0.152. The molecule has 2 saturated heterocycles. The molecule has 4 heterocycles. The van der Waals surface area contributed by atoms with Gasteiger partial charge in [0.05, 0.1) is 23.0 Å². The molecule has 0 bridgehead atoms. The Bertz CT molecular complexity index is 1820. The van der Waals surface area contributed by atoms with E-state index in [4.69, 9.17) is 15.1 Å². The van der Waals surface area contributed by atoms with Crippen molar-refractivity contribution in [3.05, 3.63) is 96.2 Å². The van der Waals surface area contributed by atoms with Crippen LogP contribution < -0.4 is 10.6 Å². The largest absolute Gasteiger partial charge is 0.313 e. The number of unbranched alkanes of at least 4 members (excludes halogenated alkanes) is 2. The van der Waals surface area contributed by atoms with Crippen LogP contribution in [0.15, 0.2) is 85.1 Å². The predicted octanol–water partition coefficient (Wildman–Crippen LogP) is 5.38. The summed E-state index contributed by atoms with van der Waals surface area (Å²) in [5.41, 5.74) is 7.29. The molecule has 280 valence electrons.